The van der Waals surface area contributed by atoms with Crippen LogP contribution in [0.15, 0.2) is 24.4 Å². The number of aryl methyl sites for hydroxylation is 1. The topological polar surface area (TPSA) is 43.8 Å². The summed E-state index contributed by atoms with van der Waals surface area (Å²) in [6.45, 7) is 7.79. The molecule has 0 radical (unpaired) electrons. The lowest BCUT2D eigenvalue weighted by Crippen LogP contribution is -2.12. The van der Waals surface area contributed by atoms with Crippen molar-refractivity contribution in [2.75, 3.05) is 6.54 Å². The van der Waals surface area contributed by atoms with Crippen LogP contribution >= 0.6 is 0 Å². The molecule has 1 aromatic carbocycles. The van der Waals surface area contributed by atoms with Crippen molar-refractivity contribution in [2.24, 2.45) is 5.73 Å². The van der Waals surface area contributed by atoms with Crippen LogP contribution in [0.2, 0.25) is 0 Å². The zero-order chi connectivity index (χ0) is 12.4. The van der Waals surface area contributed by atoms with Gasteiger partial charge in [0.15, 0.2) is 0 Å². The molecule has 3 nitrogen and oxygen atoms in total. The van der Waals surface area contributed by atoms with Gasteiger partial charge in [0.05, 0.1) is 12.7 Å². The summed E-state index contributed by atoms with van der Waals surface area (Å²) in [7, 11) is 0. The molecule has 0 atom stereocenters. The molecule has 17 heavy (non-hydrogen) atoms. The summed E-state index contributed by atoms with van der Waals surface area (Å²) in [5, 5.41) is 4.39. The van der Waals surface area contributed by atoms with Crippen molar-refractivity contribution in [1.82, 2.24) is 9.78 Å². The fourth-order valence-corrected chi connectivity index (χ4v) is 2.10. The summed E-state index contributed by atoms with van der Waals surface area (Å²) in [6.07, 6.45) is 1.94. The van der Waals surface area contributed by atoms with E-state index in [1.165, 1.54) is 27.9 Å². The average molecular weight is 229 g/mol. The third-order valence-corrected chi connectivity index (χ3v) is 3.34. The Morgan fingerprint density at radius 2 is 1.94 bits per heavy atom. The largest absolute Gasteiger partial charge is 0.329 e. The number of nitrogens with zero attached hydrogens (tertiary/aromatic N) is 2. The molecule has 3 heteroatoms. The first kappa shape index (κ1) is 11.9. The second-order valence-corrected chi connectivity index (χ2v) is 4.40. The van der Waals surface area contributed by atoms with Gasteiger partial charge in [-0.2, -0.15) is 5.10 Å². The van der Waals surface area contributed by atoms with Gasteiger partial charge < -0.3 is 5.73 Å². The van der Waals surface area contributed by atoms with Crippen LogP contribution in [0.4, 0.5) is 0 Å². The Balaban J connectivity index is 2.50. The minimum atomic E-state index is 0.620. The lowest BCUT2D eigenvalue weighted by molar-refractivity contribution is 0.608. The number of hydrogen-bond donors (Lipinski definition) is 1. The zero-order valence-electron chi connectivity index (χ0n) is 10.7. The summed E-state index contributed by atoms with van der Waals surface area (Å²) in [5.41, 5.74) is 11.9. The molecular formula is C14H19N3. The zero-order valence-corrected chi connectivity index (χ0v) is 10.7. The van der Waals surface area contributed by atoms with Crippen LogP contribution in [0.3, 0.4) is 0 Å². The van der Waals surface area contributed by atoms with E-state index < -0.39 is 0 Å². The van der Waals surface area contributed by atoms with Gasteiger partial charge in [0, 0.05) is 17.8 Å². The van der Waals surface area contributed by atoms with Gasteiger partial charge in [-0.1, -0.05) is 18.2 Å². The summed E-state index contributed by atoms with van der Waals surface area (Å²) in [4.78, 5) is 0. The monoisotopic (exact) mass is 229 g/mol. The first-order chi connectivity index (χ1) is 8.15. The third kappa shape index (κ3) is 2.11. The number of rotatable bonds is 3. The van der Waals surface area contributed by atoms with Crippen LogP contribution in [-0.4, -0.2) is 16.3 Å². The lowest BCUT2D eigenvalue weighted by atomic mass is 9.98. The Morgan fingerprint density at radius 3 is 2.65 bits per heavy atom. The normalized spacial score (nSPS) is 10.8. The van der Waals surface area contributed by atoms with E-state index in [0.717, 1.165) is 6.54 Å². The number of benzene rings is 1. The van der Waals surface area contributed by atoms with Gasteiger partial charge in [0.2, 0.25) is 0 Å². The standard InChI is InChI=1S/C14H19N3/c1-10-5-4-6-13(11(10)2)14-9-16-17(8-7-15)12(14)3/h4-6,9H,7-8,15H2,1-3H3. The fraction of sp³-hybridized carbons (Fsp3) is 0.357. The molecule has 1 heterocycles. The second-order valence-electron chi connectivity index (χ2n) is 4.40. The Morgan fingerprint density at radius 1 is 1.18 bits per heavy atom. The molecule has 0 saturated carbocycles. The molecule has 0 spiro atoms. The molecule has 0 saturated heterocycles. The highest BCUT2D eigenvalue weighted by atomic mass is 15.3. The summed E-state index contributed by atoms with van der Waals surface area (Å²) >= 11 is 0. The van der Waals surface area contributed by atoms with Crippen molar-refractivity contribution >= 4 is 0 Å². The summed E-state index contributed by atoms with van der Waals surface area (Å²) < 4.78 is 1.97. The first-order valence-electron chi connectivity index (χ1n) is 5.94. The second kappa shape index (κ2) is 4.72. The number of nitrogens with two attached hydrogens (primary N) is 1. The van der Waals surface area contributed by atoms with Crippen molar-refractivity contribution in [3.05, 3.63) is 41.2 Å². The molecule has 0 aliphatic carbocycles. The Bertz CT molecular complexity index is 526. The highest BCUT2D eigenvalue weighted by Gasteiger charge is 2.10. The molecule has 0 aliphatic rings. The Hall–Kier alpha value is -1.61. The van der Waals surface area contributed by atoms with E-state index in [4.69, 9.17) is 5.73 Å². The molecule has 90 valence electrons. The first-order valence-corrected chi connectivity index (χ1v) is 5.94. The summed E-state index contributed by atoms with van der Waals surface area (Å²) in [5.74, 6) is 0. The minimum absolute atomic E-state index is 0.620. The van der Waals surface area contributed by atoms with E-state index in [9.17, 15) is 0 Å². The van der Waals surface area contributed by atoms with Crippen molar-refractivity contribution in [3.8, 4) is 11.1 Å². The third-order valence-electron chi connectivity index (χ3n) is 3.34. The van der Waals surface area contributed by atoms with Gasteiger partial charge in [-0.05, 0) is 37.5 Å². The molecule has 0 unspecified atom stereocenters. The molecule has 0 aliphatic heterocycles. The number of hydrogen-bond acceptors (Lipinski definition) is 2. The smallest absolute Gasteiger partial charge is 0.0571 e. The van der Waals surface area contributed by atoms with Crippen LogP contribution in [0.25, 0.3) is 11.1 Å². The fourth-order valence-electron chi connectivity index (χ4n) is 2.10. The van der Waals surface area contributed by atoms with Gasteiger partial charge in [0.1, 0.15) is 0 Å². The molecule has 2 aromatic rings. The van der Waals surface area contributed by atoms with E-state index in [2.05, 4.69) is 44.1 Å². The SMILES string of the molecule is Cc1cccc(-c2cnn(CCN)c2C)c1C. The molecule has 0 fully saturated rings. The highest BCUT2D eigenvalue weighted by molar-refractivity contribution is 5.69. The van der Waals surface area contributed by atoms with Crippen molar-refractivity contribution < 1.29 is 0 Å². The quantitative estimate of drug-likeness (QED) is 0.878. The van der Waals surface area contributed by atoms with Crippen LogP contribution in [0.5, 0.6) is 0 Å². The molecule has 2 rings (SSSR count). The van der Waals surface area contributed by atoms with Gasteiger partial charge >= 0.3 is 0 Å². The van der Waals surface area contributed by atoms with Crippen LogP contribution in [0.1, 0.15) is 16.8 Å². The maximum atomic E-state index is 5.57. The minimum Gasteiger partial charge on any atom is -0.329 e. The summed E-state index contributed by atoms with van der Waals surface area (Å²) in [6, 6.07) is 6.38. The van der Waals surface area contributed by atoms with E-state index in [1.807, 2.05) is 10.9 Å². The predicted octanol–water partition coefficient (Wildman–Crippen LogP) is 2.43. The van der Waals surface area contributed by atoms with E-state index >= 15 is 0 Å². The average Bonchev–Trinajstić information content (AvgIpc) is 2.66. The molecule has 1 aromatic heterocycles. The van der Waals surface area contributed by atoms with Crippen LogP contribution in [-0.2, 0) is 6.54 Å². The van der Waals surface area contributed by atoms with Gasteiger partial charge in [-0.25, -0.2) is 0 Å². The van der Waals surface area contributed by atoms with Crippen molar-refractivity contribution in [2.45, 2.75) is 27.3 Å². The van der Waals surface area contributed by atoms with Crippen LogP contribution < -0.4 is 5.73 Å². The molecule has 0 amide bonds. The van der Waals surface area contributed by atoms with Crippen molar-refractivity contribution in [3.63, 3.8) is 0 Å². The maximum absolute atomic E-state index is 5.57. The molecular weight excluding hydrogens is 210 g/mol. The maximum Gasteiger partial charge on any atom is 0.0571 e. The van der Waals surface area contributed by atoms with Gasteiger partial charge in [-0.15, -0.1) is 0 Å². The van der Waals surface area contributed by atoms with E-state index in [0.29, 0.717) is 6.54 Å². The van der Waals surface area contributed by atoms with E-state index in [-0.39, 0.29) is 0 Å². The lowest BCUT2D eigenvalue weighted by Gasteiger charge is -2.08. The molecule has 0 bridgehead atoms. The Kier molecular flexibility index (Phi) is 3.29. The number of aromatic nitrogens is 2. The van der Waals surface area contributed by atoms with E-state index in [1.54, 1.807) is 0 Å². The van der Waals surface area contributed by atoms with Gasteiger partial charge in [-0.3, -0.25) is 4.68 Å². The van der Waals surface area contributed by atoms with Crippen LogP contribution in [0, 0.1) is 20.8 Å². The Labute approximate surface area is 102 Å². The predicted molar refractivity (Wildman–Crippen MR) is 70.9 cm³/mol. The highest BCUT2D eigenvalue weighted by Crippen LogP contribution is 2.27. The van der Waals surface area contributed by atoms with Crippen molar-refractivity contribution in [1.29, 1.82) is 0 Å². The molecule has 2 N–H and O–H groups in total. The van der Waals surface area contributed by atoms with Gasteiger partial charge in [0.25, 0.3) is 0 Å².